The van der Waals surface area contributed by atoms with Gasteiger partial charge in [0, 0.05) is 4.88 Å². The van der Waals surface area contributed by atoms with Crippen molar-refractivity contribution < 1.29 is 19.8 Å². The molecule has 2 rings (SSSR count). The van der Waals surface area contributed by atoms with Crippen LogP contribution in [0.4, 0.5) is 0 Å². The molecular formula is C11H13NO4S. The van der Waals surface area contributed by atoms with E-state index >= 15 is 0 Å². The number of aliphatic hydroxyl groups is 1. The summed E-state index contributed by atoms with van der Waals surface area (Å²) in [6, 6.07) is 1.86. The van der Waals surface area contributed by atoms with Crippen LogP contribution in [0, 0.1) is 0 Å². The molecule has 5 nitrogen and oxygen atoms in total. The van der Waals surface area contributed by atoms with E-state index in [1.54, 1.807) is 0 Å². The molecule has 1 heterocycles. The van der Waals surface area contributed by atoms with Gasteiger partial charge in [-0.05, 0) is 30.9 Å². The lowest BCUT2D eigenvalue weighted by Gasteiger charge is -2.06. The van der Waals surface area contributed by atoms with E-state index in [1.165, 1.54) is 21.8 Å². The van der Waals surface area contributed by atoms with E-state index < -0.39 is 12.1 Å². The number of amides is 1. The molecule has 0 bridgehead atoms. The summed E-state index contributed by atoms with van der Waals surface area (Å²) in [5.41, 5.74) is 1.22. The first kappa shape index (κ1) is 12.1. The van der Waals surface area contributed by atoms with Crippen molar-refractivity contribution in [2.45, 2.75) is 25.4 Å². The van der Waals surface area contributed by atoms with Gasteiger partial charge in [-0.15, -0.1) is 11.3 Å². The predicted molar refractivity (Wildman–Crippen MR) is 62.3 cm³/mol. The van der Waals surface area contributed by atoms with E-state index in [0.717, 1.165) is 19.3 Å². The highest BCUT2D eigenvalue weighted by Gasteiger charge is 2.20. The molecule has 0 radical (unpaired) electrons. The Morgan fingerprint density at radius 2 is 2.24 bits per heavy atom. The van der Waals surface area contributed by atoms with Crippen LogP contribution in [0.3, 0.4) is 0 Å². The summed E-state index contributed by atoms with van der Waals surface area (Å²) in [7, 11) is 0. The number of hydrogen-bond donors (Lipinski definition) is 3. The number of aliphatic hydroxyl groups excluding tert-OH is 1. The van der Waals surface area contributed by atoms with E-state index in [-0.39, 0.29) is 12.5 Å². The zero-order valence-corrected chi connectivity index (χ0v) is 9.92. The normalized spacial score (nSPS) is 15.4. The molecule has 17 heavy (non-hydrogen) atoms. The van der Waals surface area contributed by atoms with E-state index in [4.69, 9.17) is 10.2 Å². The lowest BCUT2D eigenvalue weighted by Crippen LogP contribution is -2.36. The maximum Gasteiger partial charge on any atom is 0.334 e. The third-order valence-electron chi connectivity index (χ3n) is 2.71. The lowest BCUT2D eigenvalue weighted by atomic mass is 10.2. The molecule has 0 saturated carbocycles. The molecule has 92 valence electrons. The summed E-state index contributed by atoms with van der Waals surface area (Å²) in [5.74, 6) is -1.65. The third-order valence-corrected chi connectivity index (χ3v) is 3.95. The van der Waals surface area contributed by atoms with Gasteiger partial charge >= 0.3 is 5.97 Å². The Labute approximate surface area is 102 Å². The number of aliphatic carboxylic acids is 1. The highest BCUT2D eigenvalue weighted by molar-refractivity contribution is 7.14. The van der Waals surface area contributed by atoms with Gasteiger partial charge in [-0.1, -0.05) is 0 Å². The zero-order valence-electron chi connectivity index (χ0n) is 9.10. The van der Waals surface area contributed by atoms with Gasteiger partial charge in [0.2, 0.25) is 0 Å². The molecule has 1 aliphatic carbocycles. The first-order chi connectivity index (χ1) is 8.08. The fourth-order valence-electron chi connectivity index (χ4n) is 1.80. The molecule has 1 amide bonds. The quantitative estimate of drug-likeness (QED) is 0.727. The maximum atomic E-state index is 11.7. The van der Waals surface area contributed by atoms with Gasteiger partial charge in [0.1, 0.15) is 0 Å². The fourth-order valence-corrected chi connectivity index (χ4v) is 2.97. The fraction of sp³-hybridized carbons (Fsp3) is 0.455. The van der Waals surface area contributed by atoms with Crippen molar-refractivity contribution in [3.05, 3.63) is 21.4 Å². The minimum absolute atomic E-state index is 0.267. The van der Waals surface area contributed by atoms with Gasteiger partial charge in [-0.2, -0.15) is 0 Å². The zero-order chi connectivity index (χ0) is 12.4. The number of carbonyl (C=O) groups is 2. The summed E-state index contributed by atoms with van der Waals surface area (Å²) >= 11 is 1.45. The molecule has 1 unspecified atom stereocenters. The topological polar surface area (TPSA) is 86.6 Å². The average Bonchev–Trinajstić information content (AvgIpc) is 2.84. The van der Waals surface area contributed by atoms with Crippen molar-refractivity contribution in [1.82, 2.24) is 5.32 Å². The smallest absolute Gasteiger partial charge is 0.334 e. The SMILES string of the molecule is O=C(NCC(O)C(=O)O)c1cc2c(s1)CCC2. The number of nitrogens with one attached hydrogen (secondary N) is 1. The Bertz CT molecular complexity index is 433. The van der Waals surface area contributed by atoms with E-state index in [9.17, 15) is 9.59 Å². The molecule has 1 aromatic rings. The second-order valence-corrected chi connectivity index (χ2v) is 5.11. The van der Waals surface area contributed by atoms with E-state index in [0.29, 0.717) is 4.88 Å². The monoisotopic (exact) mass is 255 g/mol. The summed E-state index contributed by atoms with van der Waals surface area (Å²) in [6.45, 7) is -0.267. The van der Waals surface area contributed by atoms with Crippen LogP contribution in [0.25, 0.3) is 0 Å². The average molecular weight is 255 g/mol. The number of hydrogen-bond acceptors (Lipinski definition) is 4. The largest absolute Gasteiger partial charge is 0.479 e. The van der Waals surface area contributed by atoms with Gasteiger partial charge in [0.25, 0.3) is 5.91 Å². The number of carboxylic acid groups (broad SMARTS) is 1. The molecule has 1 atom stereocenters. The Kier molecular flexibility index (Phi) is 3.44. The molecule has 0 spiro atoms. The van der Waals surface area contributed by atoms with Gasteiger partial charge < -0.3 is 15.5 Å². The van der Waals surface area contributed by atoms with Crippen LogP contribution in [0.15, 0.2) is 6.07 Å². The number of carboxylic acids is 1. The van der Waals surface area contributed by atoms with Crippen LogP contribution >= 0.6 is 11.3 Å². The first-order valence-corrected chi connectivity index (χ1v) is 6.20. The van der Waals surface area contributed by atoms with Crippen molar-refractivity contribution in [3.63, 3.8) is 0 Å². The second-order valence-electron chi connectivity index (χ2n) is 3.98. The number of fused-ring (bicyclic) bond motifs is 1. The summed E-state index contributed by atoms with van der Waals surface area (Å²) < 4.78 is 0. The van der Waals surface area contributed by atoms with E-state index in [2.05, 4.69) is 5.32 Å². The van der Waals surface area contributed by atoms with Crippen molar-refractivity contribution in [2.75, 3.05) is 6.54 Å². The minimum atomic E-state index is -1.55. The molecule has 1 aliphatic rings. The molecule has 6 heteroatoms. The van der Waals surface area contributed by atoms with E-state index in [1.807, 2.05) is 6.07 Å². The minimum Gasteiger partial charge on any atom is -0.479 e. The van der Waals surface area contributed by atoms with Crippen molar-refractivity contribution in [3.8, 4) is 0 Å². The Morgan fingerprint density at radius 1 is 1.47 bits per heavy atom. The van der Waals surface area contributed by atoms with Crippen LogP contribution in [0.2, 0.25) is 0 Å². The van der Waals surface area contributed by atoms with Crippen LogP contribution in [-0.4, -0.2) is 34.7 Å². The second kappa shape index (κ2) is 4.85. The van der Waals surface area contributed by atoms with Gasteiger partial charge in [-0.25, -0.2) is 4.79 Å². The van der Waals surface area contributed by atoms with Gasteiger partial charge in [0.05, 0.1) is 11.4 Å². The number of rotatable bonds is 4. The van der Waals surface area contributed by atoms with Crippen molar-refractivity contribution in [1.29, 1.82) is 0 Å². The number of thiophene rings is 1. The van der Waals surface area contributed by atoms with Crippen LogP contribution in [-0.2, 0) is 17.6 Å². The Balaban J connectivity index is 1.93. The third kappa shape index (κ3) is 2.65. The molecule has 0 saturated heterocycles. The first-order valence-electron chi connectivity index (χ1n) is 5.38. The molecule has 0 fully saturated rings. The molecule has 1 aromatic heterocycles. The Morgan fingerprint density at radius 3 is 2.88 bits per heavy atom. The molecule has 3 N–H and O–H groups in total. The predicted octanol–water partition coefficient (Wildman–Crippen LogP) is 0.412. The molecule has 0 aliphatic heterocycles. The van der Waals surface area contributed by atoms with Gasteiger partial charge in [0.15, 0.2) is 6.10 Å². The van der Waals surface area contributed by atoms with Crippen LogP contribution < -0.4 is 5.32 Å². The molecular weight excluding hydrogens is 242 g/mol. The van der Waals surface area contributed by atoms with Crippen molar-refractivity contribution >= 4 is 23.2 Å². The number of carbonyl (C=O) groups excluding carboxylic acids is 1. The van der Waals surface area contributed by atoms with Gasteiger partial charge in [-0.3, -0.25) is 4.79 Å². The Hall–Kier alpha value is -1.40. The summed E-state index contributed by atoms with van der Waals surface area (Å²) in [6.07, 6.45) is 1.62. The number of aryl methyl sites for hydroxylation is 2. The van der Waals surface area contributed by atoms with Crippen LogP contribution in [0.5, 0.6) is 0 Å². The highest BCUT2D eigenvalue weighted by atomic mass is 32.1. The highest BCUT2D eigenvalue weighted by Crippen LogP contribution is 2.30. The summed E-state index contributed by atoms with van der Waals surface area (Å²) in [4.78, 5) is 23.9. The lowest BCUT2D eigenvalue weighted by molar-refractivity contribution is -0.146. The summed E-state index contributed by atoms with van der Waals surface area (Å²) in [5, 5.41) is 19.9. The maximum absolute atomic E-state index is 11.7. The van der Waals surface area contributed by atoms with Crippen molar-refractivity contribution in [2.24, 2.45) is 0 Å². The molecule has 0 aromatic carbocycles. The standard InChI is InChI=1S/C11H13NO4S/c13-7(11(15)16)5-12-10(14)9-4-6-2-1-3-8(6)17-9/h4,7,13H,1-3,5H2,(H,12,14)(H,15,16). The van der Waals surface area contributed by atoms with Crippen LogP contribution in [0.1, 0.15) is 26.5 Å².